The number of aryl methyl sites for hydroxylation is 1. The first-order valence-electron chi connectivity index (χ1n) is 12.0. The van der Waals surface area contributed by atoms with Crippen molar-refractivity contribution in [1.29, 1.82) is 5.53 Å². The summed E-state index contributed by atoms with van der Waals surface area (Å²) in [5.74, 6) is 0.310. The van der Waals surface area contributed by atoms with Crippen molar-refractivity contribution in [3.05, 3.63) is 54.1 Å². The minimum Gasteiger partial charge on any atom is -0.490 e. The Morgan fingerprint density at radius 3 is 2.71 bits per heavy atom. The van der Waals surface area contributed by atoms with Crippen molar-refractivity contribution in [1.82, 2.24) is 20.2 Å². The smallest absolute Gasteiger partial charge is 0.411 e. The highest BCUT2D eigenvalue weighted by molar-refractivity contribution is 5.91. The Labute approximate surface area is 216 Å². The molecule has 0 aliphatic heterocycles. The SMILES string of the molecule is C/C=C/N(CC(F)CCc1ccc(NC(=O)Cc2cc(OC3CC(OCC(F)(F)F)C3)ccn2)nn1)N=N. The predicted octanol–water partition coefficient (Wildman–Crippen LogP) is 4.59. The van der Waals surface area contributed by atoms with Crippen LogP contribution in [0.2, 0.25) is 0 Å². The van der Waals surface area contributed by atoms with Gasteiger partial charge in [0, 0.05) is 31.3 Å². The lowest BCUT2D eigenvalue weighted by molar-refractivity contribution is -0.199. The van der Waals surface area contributed by atoms with Crippen LogP contribution >= 0.6 is 0 Å². The minimum atomic E-state index is -4.35. The Hall–Kier alpha value is -3.68. The van der Waals surface area contributed by atoms with E-state index in [2.05, 4.69) is 25.7 Å². The number of halogens is 4. The van der Waals surface area contributed by atoms with Crippen molar-refractivity contribution in [2.24, 2.45) is 5.22 Å². The van der Waals surface area contributed by atoms with Gasteiger partial charge in [0.05, 0.1) is 30.5 Å². The van der Waals surface area contributed by atoms with Crippen LogP contribution in [0.4, 0.5) is 23.4 Å². The second kappa shape index (κ2) is 13.7. The van der Waals surface area contributed by atoms with E-state index in [1.54, 1.807) is 37.3 Å². The van der Waals surface area contributed by atoms with Gasteiger partial charge < -0.3 is 14.8 Å². The molecular formula is C24H29F4N7O3. The third kappa shape index (κ3) is 10.00. The molecule has 1 aliphatic carbocycles. The number of pyridine rings is 1. The maximum absolute atomic E-state index is 14.1. The average molecular weight is 540 g/mol. The summed E-state index contributed by atoms with van der Waals surface area (Å²) in [7, 11) is 0. The Morgan fingerprint density at radius 1 is 1.26 bits per heavy atom. The van der Waals surface area contributed by atoms with Crippen LogP contribution < -0.4 is 10.1 Å². The highest BCUT2D eigenvalue weighted by atomic mass is 19.4. The zero-order chi connectivity index (χ0) is 27.5. The molecule has 14 heteroatoms. The van der Waals surface area contributed by atoms with Crippen LogP contribution in [0.3, 0.4) is 0 Å². The van der Waals surface area contributed by atoms with Crippen LogP contribution in [-0.2, 0) is 22.4 Å². The van der Waals surface area contributed by atoms with Crippen molar-refractivity contribution in [2.45, 2.75) is 63.6 Å². The number of hydrogen-bond donors (Lipinski definition) is 2. The number of carbonyl (C=O) groups excluding carboxylic acids is 1. The molecule has 1 saturated carbocycles. The second-order valence-corrected chi connectivity index (χ2v) is 8.72. The quantitative estimate of drug-likeness (QED) is 0.204. The lowest BCUT2D eigenvalue weighted by Crippen LogP contribution is -2.41. The number of anilines is 1. The fraction of sp³-hybridized carbons (Fsp3) is 0.500. The summed E-state index contributed by atoms with van der Waals surface area (Å²) >= 11 is 0. The highest BCUT2D eigenvalue weighted by Crippen LogP contribution is 2.30. The monoisotopic (exact) mass is 539 g/mol. The maximum atomic E-state index is 14.1. The lowest BCUT2D eigenvalue weighted by Gasteiger charge is -2.35. The second-order valence-electron chi connectivity index (χ2n) is 8.72. The summed E-state index contributed by atoms with van der Waals surface area (Å²) < 4.78 is 61.3. The van der Waals surface area contributed by atoms with E-state index < -0.39 is 25.1 Å². The third-order valence-electron chi connectivity index (χ3n) is 5.50. The molecule has 1 fully saturated rings. The summed E-state index contributed by atoms with van der Waals surface area (Å²) in [6.07, 6.45) is -0.501. The Bertz CT molecular complexity index is 1080. The van der Waals surface area contributed by atoms with E-state index in [4.69, 9.17) is 15.0 Å². The van der Waals surface area contributed by atoms with Crippen LogP contribution in [0.25, 0.3) is 0 Å². The Morgan fingerprint density at radius 2 is 2.05 bits per heavy atom. The standard InChI is InChI=1S/C24H29F4N7O3/c1-2-9-35(34-29)14-16(25)3-4-17-5-6-22(33-32-17)31-23(36)11-18-10-19(7-8-30-18)38-21-12-20(13-21)37-15-24(26,27)28/h2,5-10,16,20-21,29H,3-4,11-15H2,1H3,(H,31,33,36)/b9-2+,34-29?. The van der Waals surface area contributed by atoms with E-state index >= 15 is 0 Å². The first kappa shape index (κ1) is 28.9. The molecule has 2 heterocycles. The molecule has 206 valence electrons. The van der Waals surface area contributed by atoms with Gasteiger partial charge in [0.15, 0.2) is 5.82 Å². The van der Waals surface area contributed by atoms with E-state index in [0.29, 0.717) is 36.4 Å². The van der Waals surface area contributed by atoms with E-state index in [0.717, 1.165) is 0 Å². The van der Waals surface area contributed by atoms with Gasteiger partial charge in [-0.05, 0) is 38.0 Å². The van der Waals surface area contributed by atoms with Crippen LogP contribution in [0.5, 0.6) is 5.75 Å². The number of nitrogens with one attached hydrogen (secondary N) is 2. The molecule has 0 bridgehead atoms. The first-order valence-corrected chi connectivity index (χ1v) is 12.0. The van der Waals surface area contributed by atoms with E-state index in [1.165, 1.54) is 17.4 Å². The molecule has 0 saturated heterocycles. The number of rotatable bonds is 14. The van der Waals surface area contributed by atoms with Crippen molar-refractivity contribution in [2.75, 3.05) is 18.5 Å². The van der Waals surface area contributed by atoms with Gasteiger partial charge in [-0.2, -0.15) is 23.8 Å². The van der Waals surface area contributed by atoms with Gasteiger partial charge in [-0.15, -0.1) is 5.10 Å². The van der Waals surface area contributed by atoms with Crippen LogP contribution in [0.1, 0.15) is 37.6 Å². The fourth-order valence-electron chi connectivity index (χ4n) is 3.60. The molecule has 1 unspecified atom stereocenters. The van der Waals surface area contributed by atoms with Gasteiger partial charge in [-0.1, -0.05) is 11.3 Å². The topological polar surface area (TPSA) is 126 Å². The molecule has 38 heavy (non-hydrogen) atoms. The summed E-state index contributed by atoms with van der Waals surface area (Å²) in [4.78, 5) is 16.6. The molecule has 10 nitrogen and oxygen atoms in total. The molecule has 2 aromatic rings. The molecule has 1 atom stereocenters. The maximum Gasteiger partial charge on any atom is 0.411 e. The normalized spacial score (nSPS) is 18.0. The number of amides is 1. The lowest BCUT2D eigenvalue weighted by atomic mass is 9.92. The molecule has 1 amide bonds. The number of nitrogens with zero attached hydrogens (tertiary/aromatic N) is 5. The summed E-state index contributed by atoms with van der Waals surface area (Å²) in [6, 6.07) is 6.42. The van der Waals surface area contributed by atoms with E-state index in [-0.39, 0.29) is 37.2 Å². The molecule has 0 radical (unpaired) electrons. The van der Waals surface area contributed by atoms with Gasteiger partial charge in [-0.25, -0.2) is 4.39 Å². The zero-order valence-electron chi connectivity index (χ0n) is 20.7. The van der Waals surface area contributed by atoms with Gasteiger partial charge in [-0.3, -0.25) is 14.8 Å². The van der Waals surface area contributed by atoms with Crippen LogP contribution in [-0.4, -0.2) is 63.8 Å². The summed E-state index contributed by atoms with van der Waals surface area (Å²) in [6.45, 7) is 0.442. The summed E-state index contributed by atoms with van der Waals surface area (Å²) in [5.41, 5.74) is 8.01. The summed E-state index contributed by atoms with van der Waals surface area (Å²) in [5, 5.41) is 15.0. The number of carbonyl (C=O) groups is 1. The van der Waals surface area contributed by atoms with Crippen molar-refractivity contribution in [3.63, 3.8) is 0 Å². The first-order chi connectivity index (χ1) is 18.1. The molecular weight excluding hydrogens is 510 g/mol. The molecule has 3 rings (SSSR count). The molecule has 2 aromatic heterocycles. The largest absolute Gasteiger partial charge is 0.490 e. The molecule has 2 N–H and O–H groups in total. The Balaban J connectivity index is 1.40. The zero-order valence-corrected chi connectivity index (χ0v) is 20.7. The van der Waals surface area contributed by atoms with E-state index in [9.17, 15) is 22.4 Å². The Kier molecular flexibility index (Phi) is 10.4. The minimum absolute atomic E-state index is 0.0345. The number of aromatic nitrogens is 3. The third-order valence-corrected chi connectivity index (χ3v) is 5.50. The van der Waals surface area contributed by atoms with Crippen molar-refractivity contribution < 1.29 is 31.8 Å². The average Bonchev–Trinajstić information content (AvgIpc) is 2.84. The van der Waals surface area contributed by atoms with Crippen LogP contribution in [0.15, 0.2) is 48.0 Å². The van der Waals surface area contributed by atoms with Gasteiger partial charge in [0.2, 0.25) is 5.91 Å². The van der Waals surface area contributed by atoms with Gasteiger partial charge in [0.25, 0.3) is 0 Å². The fourth-order valence-corrected chi connectivity index (χ4v) is 3.60. The van der Waals surface area contributed by atoms with Crippen molar-refractivity contribution >= 4 is 11.7 Å². The number of allylic oxidation sites excluding steroid dienone is 1. The van der Waals surface area contributed by atoms with Crippen LogP contribution in [0, 0.1) is 5.53 Å². The van der Waals surface area contributed by atoms with E-state index in [1.807, 2.05) is 0 Å². The predicted molar refractivity (Wildman–Crippen MR) is 128 cm³/mol. The van der Waals surface area contributed by atoms with Gasteiger partial charge >= 0.3 is 6.18 Å². The highest BCUT2D eigenvalue weighted by Gasteiger charge is 2.36. The molecule has 1 aliphatic rings. The number of hydrogen-bond acceptors (Lipinski definition) is 8. The molecule has 0 aromatic carbocycles. The number of alkyl halides is 4. The number of ether oxygens (including phenoxy) is 2. The van der Waals surface area contributed by atoms with Crippen molar-refractivity contribution in [3.8, 4) is 5.75 Å². The van der Waals surface area contributed by atoms with Gasteiger partial charge in [0.1, 0.15) is 24.6 Å². The molecule has 0 spiro atoms.